The molecule has 2 aromatic carbocycles. The van der Waals surface area contributed by atoms with Crippen LogP contribution < -0.4 is 5.43 Å². The molecule has 158 valence electrons. The maximum atomic E-state index is 12.4. The second kappa shape index (κ2) is 8.35. The number of aromatic carboxylic acids is 1. The minimum absolute atomic E-state index is 0.151. The van der Waals surface area contributed by atoms with E-state index >= 15 is 0 Å². The standard InChI is InChI=1S/C24H22N2O4S/c1-13-10-18(8-9-19(13)24(29)30)23(28)26-25-14(2)20-12-31-22(21(20)27)17-7-6-15-4-3-5-16(15)11-17/h6-12,27H,3-5H2,1-2H3,(H,26,28)(H,29,30)/b25-14+. The lowest BCUT2D eigenvalue weighted by atomic mass is 10.0. The van der Waals surface area contributed by atoms with Crippen LogP contribution in [0.4, 0.5) is 0 Å². The van der Waals surface area contributed by atoms with Gasteiger partial charge in [0.25, 0.3) is 5.91 Å². The first-order valence-corrected chi connectivity index (χ1v) is 10.8. The van der Waals surface area contributed by atoms with E-state index in [4.69, 9.17) is 5.11 Å². The highest BCUT2D eigenvalue weighted by Crippen LogP contribution is 2.40. The van der Waals surface area contributed by atoms with Crippen LogP contribution in [0, 0.1) is 6.92 Å². The number of carbonyl (C=O) groups is 2. The lowest BCUT2D eigenvalue weighted by Gasteiger charge is -2.06. The van der Waals surface area contributed by atoms with Gasteiger partial charge in [0.05, 0.1) is 21.7 Å². The van der Waals surface area contributed by atoms with E-state index in [1.54, 1.807) is 13.8 Å². The van der Waals surface area contributed by atoms with Gasteiger partial charge in [-0.2, -0.15) is 5.10 Å². The number of aromatic hydroxyl groups is 1. The van der Waals surface area contributed by atoms with Gasteiger partial charge in [0.1, 0.15) is 5.75 Å². The SMILES string of the molecule is C/C(=N\NC(=O)c1ccc(C(=O)O)c(C)c1)c1csc(-c2ccc3c(c2)CCC3)c1O. The molecule has 1 aliphatic rings. The molecule has 0 atom stereocenters. The van der Waals surface area contributed by atoms with Crippen LogP contribution in [0.5, 0.6) is 5.75 Å². The zero-order valence-electron chi connectivity index (χ0n) is 17.2. The number of amides is 1. The zero-order chi connectivity index (χ0) is 22.1. The Balaban J connectivity index is 1.52. The summed E-state index contributed by atoms with van der Waals surface area (Å²) in [5.74, 6) is -1.33. The number of carboxylic acid groups (broad SMARTS) is 1. The van der Waals surface area contributed by atoms with Crippen LogP contribution in [0.25, 0.3) is 10.4 Å². The molecule has 1 amide bonds. The van der Waals surface area contributed by atoms with Crippen molar-refractivity contribution in [2.24, 2.45) is 5.10 Å². The van der Waals surface area contributed by atoms with Crippen LogP contribution in [0.15, 0.2) is 46.9 Å². The van der Waals surface area contributed by atoms with Crippen molar-refractivity contribution < 1.29 is 19.8 Å². The molecule has 0 unspecified atom stereocenters. The normalized spacial score (nSPS) is 13.2. The Morgan fingerprint density at radius 1 is 1.06 bits per heavy atom. The predicted molar refractivity (Wildman–Crippen MR) is 121 cm³/mol. The topological polar surface area (TPSA) is 99.0 Å². The lowest BCUT2D eigenvalue weighted by molar-refractivity contribution is 0.0695. The fourth-order valence-corrected chi connectivity index (χ4v) is 4.83. The summed E-state index contributed by atoms with van der Waals surface area (Å²) in [6.07, 6.45) is 3.35. The molecule has 3 N–H and O–H groups in total. The van der Waals surface area contributed by atoms with Crippen LogP contribution in [-0.4, -0.2) is 27.8 Å². The number of fused-ring (bicyclic) bond motifs is 1. The highest BCUT2D eigenvalue weighted by molar-refractivity contribution is 7.14. The van der Waals surface area contributed by atoms with Gasteiger partial charge < -0.3 is 10.2 Å². The van der Waals surface area contributed by atoms with E-state index < -0.39 is 11.9 Å². The maximum absolute atomic E-state index is 12.4. The van der Waals surface area contributed by atoms with E-state index in [1.165, 1.54) is 47.1 Å². The van der Waals surface area contributed by atoms with Crippen molar-refractivity contribution >= 4 is 28.9 Å². The van der Waals surface area contributed by atoms with Gasteiger partial charge in [-0.3, -0.25) is 4.79 Å². The molecule has 1 aliphatic carbocycles. The van der Waals surface area contributed by atoms with Gasteiger partial charge in [-0.15, -0.1) is 11.3 Å². The first kappa shape index (κ1) is 20.8. The molecule has 0 fully saturated rings. The second-order valence-corrected chi connectivity index (χ2v) is 8.52. The Morgan fingerprint density at radius 2 is 1.84 bits per heavy atom. The fraction of sp³-hybridized carbons (Fsp3) is 0.208. The molecule has 1 heterocycles. The predicted octanol–water partition coefficient (Wildman–Crippen LogP) is 4.77. The van der Waals surface area contributed by atoms with Crippen molar-refractivity contribution in [2.45, 2.75) is 33.1 Å². The van der Waals surface area contributed by atoms with E-state index in [2.05, 4.69) is 22.7 Å². The van der Waals surface area contributed by atoms with Crippen molar-refractivity contribution in [3.63, 3.8) is 0 Å². The molecule has 0 aliphatic heterocycles. The number of nitrogens with zero attached hydrogens (tertiary/aromatic N) is 1. The van der Waals surface area contributed by atoms with E-state index in [9.17, 15) is 14.7 Å². The molecule has 0 spiro atoms. The number of carbonyl (C=O) groups excluding carboxylic acids is 1. The minimum atomic E-state index is -1.04. The number of hydrogen-bond acceptors (Lipinski definition) is 5. The first-order chi connectivity index (χ1) is 14.8. The summed E-state index contributed by atoms with van der Waals surface area (Å²) >= 11 is 1.44. The third-order valence-electron chi connectivity index (χ3n) is 5.56. The molecule has 0 bridgehead atoms. The summed E-state index contributed by atoms with van der Waals surface area (Å²) in [5.41, 5.74) is 8.20. The highest BCUT2D eigenvalue weighted by atomic mass is 32.1. The smallest absolute Gasteiger partial charge is 0.335 e. The van der Waals surface area contributed by atoms with Gasteiger partial charge in [-0.1, -0.05) is 12.1 Å². The van der Waals surface area contributed by atoms with Gasteiger partial charge in [-0.25, -0.2) is 10.2 Å². The maximum Gasteiger partial charge on any atom is 0.335 e. The molecule has 3 aromatic rings. The highest BCUT2D eigenvalue weighted by Gasteiger charge is 2.18. The number of hydrazone groups is 1. The molecule has 7 heteroatoms. The molecule has 0 saturated carbocycles. The van der Waals surface area contributed by atoms with Crippen molar-refractivity contribution in [1.29, 1.82) is 0 Å². The summed E-state index contributed by atoms with van der Waals surface area (Å²) in [7, 11) is 0. The molecule has 6 nitrogen and oxygen atoms in total. The third-order valence-corrected chi connectivity index (χ3v) is 6.58. The Morgan fingerprint density at radius 3 is 2.58 bits per heavy atom. The number of nitrogens with one attached hydrogen (secondary N) is 1. The molecule has 0 radical (unpaired) electrons. The van der Waals surface area contributed by atoms with Crippen LogP contribution in [0.1, 0.15) is 56.3 Å². The Hall–Kier alpha value is -3.45. The Kier molecular flexibility index (Phi) is 5.61. The third kappa shape index (κ3) is 4.09. The van der Waals surface area contributed by atoms with Crippen LogP contribution in [0.2, 0.25) is 0 Å². The molecule has 0 saturated heterocycles. The molecular formula is C24H22N2O4S. The second-order valence-electron chi connectivity index (χ2n) is 7.64. The van der Waals surface area contributed by atoms with Gasteiger partial charge in [0.15, 0.2) is 0 Å². The van der Waals surface area contributed by atoms with E-state index in [-0.39, 0.29) is 11.3 Å². The van der Waals surface area contributed by atoms with Crippen LogP contribution >= 0.6 is 11.3 Å². The summed E-state index contributed by atoms with van der Waals surface area (Å²) in [4.78, 5) is 24.3. The van der Waals surface area contributed by atoms with Crippen molar-refractivity contribution in [3.05, 3.63) is 75.2 Å². The molecule has 31 heavy (non-hydrogen) atoms. The van der Waals surface area contributed by atoms with Gasteiger partial charge in [-0.05, 0) is 79.6 Å². The molecule has 4 rings (SSSR count). The molecule has 1 aromatic heterocycles. The summed E-state index contributed by atoms with van der Waals surface area (Å²) < 4.78 is 0. The van der Waals surface area contributed by atoms with Crippen molar-refractivity contribution in [1.82, 2.24) is 5.43 Å². The van der Waals surface area contributed by atoms with E-state index in [0.29, 0.717) is 22.4 Å². The average Bonchev–Trinajstić information content (AvgIpc) is 3.37. The van der Waals surface area contributed by atoms with Crippen molar-refractivity contribution in [3.8, 4) is 16.2 Å². The number of benzene rings is 2. The Labute approximate surface area is 183 Å². The van der Waals surface area contributed by atoms with E-state index in [0.717, 1.165) is 23.3 Å². The summed E-state index contributed by atoms with van der Waals surface area (Å²) in [5, 5.41) is 25.8. The number of rotatable bonds is 5. The van der Waals surface area contributed by atoms with Gasteiger partial charge in [0, 0.05) is 10.9 Å². The largest absolute Gasteiger partial charge is 0.506 e. The minimum Gasteiger partial charge on any atom is -0.506 e. The van der Waals surface area contributed by atoms with Crippen molar-refractivity contribution in [2.75, 3.05) is 0 Å². The Bertz CT molecular complexity index is 1230. The quantitative estimate of drug-likeness (QED) is 0.398. The number of carboxylic acids is 1. The van der Waals surface area contributed by atoms with Gasteiger partial charge >= 0.3 is 5.97 Å². The summed E-state index contributed by atoms with van der Waals surface area (Å²) in [6, 6.07) is 10.7. The monoisotopic (exact) mass is 434 g/mol. The zero-order valence-corrected chi connectivity index (χ0v) is 18.0. The van der Waals surface area contributed by atoms with Crippen LogP contribution in [0.3, 0.4) is 0 Å². The first-order valence-electron chi connectivity index (χ1n) is 9.96. The van der Waals surface area contributed by atoms with Gasteiger partial charge in [0.2, 0.25) is 0 Å². The number of aryl methyl sites for hydroxylation is 3. The number of thiophene rings is 1. The summed E-state index contributed by atoms with van der Waals surface area (Å²) in [6.45, 7) is 3.35. The molecular weight excluding hydrogens is 412 g/mol. The van der Waals surface area contributed by atoms with Crippen LogP contribution in [-0.2, 0) is 12.8 Å². The average molecular weight is 435 g/mol. The van der Waals surface area contributed by atoms with E-state index in [1.807, 2.05) is 11.4 Å². The lowest BCUT2D eigenvalue weighted by Crippen LogP contribution is -2.19. The fourth-order valence-electron chi connectivity index (χ4n) is 3.83. The number of hydrogen-bond donors (Lipinski definition) is 3.